The molecule has 10 nitrogen and oxygen atoms in total. The SMILES string of the molecule is COc1cc(-c2cn(Cn3cnc(N4CCCCC4)cc3=O)nn2)c2cn[nH]c2c1. The van der Waals surface area contributed by atoms with Crippen LogP contribution >= 0.6 is 0 Å². The molecule has 0 atom stereocenters. The van der Waals surface area contributed by atoms with Gasteiger partial charge in [-0.15, -0.1) is 5.10 Å². The summed E-state index contributed by atoms with van der Waals surface area (Å²) >= 11 is 0. The summed E-state index contributed by atoms with van der Waals surface area (Å²) in [4.78, 5) is 19.2. The van der Waals surface area contributed by atoms with Crippen molar-refractivity contribution in [2.45, 2.75) is 25.9 Å². The highest BCUT2D eigenvalue weighted by atomic mass is 16.5. The van der Waals surface area contributed by atoms with E-state index in [4.69, 9.17) is 4.74 Å². The number of nitrogens with one attached hydrogen (secondary N) is 1. The summed E-state index contributed by atoms with van der Waals surface area (Å²) in [5, 5.41) is 16.4. The Morgan fingerprint density at radius 2 is 2.03 bits per heavy atom. The van der Waals surface area contributed by atoms with E-state index in [0.29, 0.717) is 11.4 Å². The van der Waals surface area contributed by atoms with Crippen molar-refractivity contribution < 1.29 is 4.74 Å². The molecular formula is C20H22N8O2. The minimum Gasteiger partial charge on any atom is -0.497 e. The number of anilines is 1. The normalized spacial score (nSPS) is 14.4. The number of fused-ring (bicyclic) bond motifs is 1. The molecule has 30 heavy (non-hydrogen) atoms. The number of benzene rings is 1. The van der Waals surface area contributed by atoms with Crippen molar-refractivity contribution in [3.8, 4) is 17.0 Å². The molecule has 10 heteroatoms. The van der Waals surface area contributed by atoms with Crippen molar-refractivity contribution in [1.82, 2.24) is 34.7 Å². The van der Waals surface area contributed by atoms with Gasteiger partial charge in [0.25, 0.3) is 5.56 Å². The molecule has 1 aliphatic rings. The molecule has 1 fully saturated rings. The Balaban J connectivity index is 1.40. The van der Waals surface area contributed by atoms with E-state index in [1.807, 2.05) is 12.1 Å². The molecule has 0 bridgehead atoms. The highest BCUT2D eigenvalue weighted by Gasteiger charge is 2.15. The Morgan fingerprint density at radius 3 is 2.83 bits per heavy atom. The maximum absolute atomic E-state index is 12.6. The van der Waals surface area contributed by atoms with Gasteiger partial charge in [0.15, 0.2) is 0 Å². The zero-order valence-electron chi connectivity index (χ0n) is 16.7. The van der Waals surface area contributed by atoms with Gasteiger partial charge in [-0.3, -0.25) is 14.5 Å². The largest absolute Gasteiger partial charge is 0.497 e. The van der Waals surface area contributed by atoms with Crippen LogP contribution in [0.2, 0.25) is 0 Å². The summed E-state index contributed by atoms with van der Waals surface area (Å²) in [6, 6.07) is 5.37. The van der Waals surface area contributed by atoms with Crippen LogP contribution in [-0.2, 0) is 6.67 Å². The van der Waals surface area contributed by atoms with Crippen LogP contribution in [-0.4, -0.2) is 54.9 Å². The zero-order chi connectivity index (χ0) is 20.5. The number of methoxy groups -OCH3 is 1. The molecule has 1 aromatic carbocycles. The van der Waals surface area contributed by atoms with E-state index in [1.165, 1.54) is 11.0 Å². The number of hydrogen-bond acceptors (Lipinski definition) is 7. The third-order valence-electron chi connectivity index (χ3n) is 5.42. The lowest BCUT2D eigenvalue weighted by Crippen LogP contribution is -2.32. The Hall–Kier alpha value is -3.69. The maximum atomic E-state index is 12.6. The van der Waals surface area contributed by atoms with Gasteiger partial charge in [-0.2, -0.15) is 5.10 Å². The van der Waals surface area contributed by atoms with Crippen molar-refractivity contribution in [3.63, 3.8) is 0 Å². The predicted octanol–water partition coefficient (Wildman–Crippen LogP) is 1.88. The third-order valence-corrected chi connectivity index (χ3v) is 5.42. The predicted molar refractivity (Wildman–Crippen MR) is 112 cm³/mol. The highest BCUT2D eigenvalue weighted by Crippen LogP contribution is 2.30. The van der Waals surface area contributed by atoms with Crippen molar-refractivity contribution in [1.29, 1.82) is 0 Å². The zero-order valence-corrected chi connectivity index (χ0v) is 16.7. The van der Waals surface area contributed by atoms with Crippen LogP contribution in [0.4, 0.5) is 5.82 Å². The monoisotopic (exact) mass is 406 g/mol. The van der Waals surface area contributed by atoms with Crippen LogP contribution in [0.3, 0.4) is 0 Å². The fourth-order valence-electron chi connectivity index (χ4n) is 3.82. The van der Waals surface area contributed by atoms with E-state index in [9.17, 15) is 4.79 Å². The number of H-pyrrole nitrogens is 1. The van der Waals surface area contributed by atoms with E-state index in [-0.39, 0.29) is 12.2 Å². The second kappa shape index (κ2) is 7.62. The van der Waals surface area contributed by atoms with Crippen LogP contribution in [0.1, 0.15) is 19.3 Å². The van der Waals surface area contributed by atoms with E-state index in [2.05, 4.69) is 30.4 Å². The number of hydrogen-bond donors (Lipinski definition) is 1. The Morgan fingerprint density at radius 1 is 1.17 bits per heavy atom. The summed E-state index contributed by atoms with van der Waals surface area (Å²) in [6.07, 6.45) is 8.64. The summed E-state index contributed by atoms with van der Waals surface area (Å²) in [5.41, 5.74) is 2.27. The van der Waals surface area contributed by atoms with E-state index < -0.39 is 0 Å². The topological polar surface area (TPSA) is 107 Å². The first kappa shape index (κ1) is 18.3. The molecular weight excluding hydrogens is 384 g/mol. The van der Waals surface area contributed by atoms with Crippen LogP contribution in [0, 0.1) is 0 Å². The Labute approximate surface area is 172 Å². The summed E-state index contributed by atoms with van der Waals surface area (Å²) in [7, 11) is 1.62. The molecule has 4 heterocycles. The van der Waals surface area contributed by atoms with E-state index >= 15 is 0 Å². The molecule has 0 amide bonds. The fourth-order valence-corrected chi connectivity index (χ4v) is 3.82. The molecule has 154 valence electrons. The van der Waals surface area contributed by atoms with Crippen LogP contribution < -0.4 is 15.2 Å². The number of ether oxygens (including phenoxy) is 1. The molecule has 0 unspecified atom stereocenters. The number of rotatable bonds is 5. The quantitative estimate of drug-likeness (QED) is 0.539. The molecule has 0 aliphatic carbocycles. The first-order valence-corrected chi connectivity index (χ1v) is 9.94. The van der Waals surface area contributed by atoms with E-state index in [1.54, 1.807) is 36.6 Å². The van der Waals surface area contributed by atoms with E-state index in [0.717, 1.165) is 48.2 Å². The minimum absolute atomic E-state index is 0.110. The lowest BCUT2D eigenvalue weighted by atomic mass is 10.1. The fraction of sp³-hybridized carbons (Fsp3) is 0.350. The van der Waals surface area contributed by atoms with Crippen molar-refractivity contribution in [2.75, 3.05) is 25.1 Å². The number of aromatic amines is 1. The number of piperidine rings is 1. The second-order valence-corrected chi connectivity index (χ2v) is 7.39. The first-order valence-electron chi connectivity index (χ1n) is 9.94. The van der Waals surface area contributed by atoms with Gasteiger partial charge in [-0.1, -0.05) is 5.21 Å². The maximum Gasteiger partial charge on any atom is 0.256 e. The first-order chi connectivity index (χ1) is 14.7. The van der Waals surface area contributed by atoms with Gasteiger partial charge >= 0.3 is 0 Å². The van der Waals surface area contributed by atoms with Gasteiger partial charge in [0.1, 0.15) is 30.3 Å². The summed E-state index contributed by atoms with van der Waals surface area (Å²) < 4.78 is 8.51. The second-order valence-electron chi connectivity index (χ2n) is 7.39. The number of nitrogens with zero attached hydrogens (tertiary/aromatic N) is 7. The third kappa shape index (κ3) is 3.40. The standard InChI is InChI=1S/C20H22N8O2/c1-30-14-7-15(16-10-22-23-17(16)8-14)18-11-28(25-24-18)13-27-12-21-19(9-20(27)29)26-5-3-2-4-6-26/h7-12H,2-6,13H2,1H3,(H,22,23). The van der Waals surface area contributed by atoms with Gasteiger partial charge < -0.3 is 9.64 Å². The molecule has 0 radical (unpaired) electrons. The van der Waals surface area contributed by atoms with Crippen LogP contribution in [0.25, 0.3) is 22.2 Å². The number of aromatic nitrogens is 7. The summed E-state index contributed by atoms with van der Waals surface area (Å²) in [6.45, 7) is 2.13. The average molecular weight is 406 g/mol. The Kier molecular flexibility index (Phi) is 4.66. The molecule has 1 saturated heterocycles. The molecule has 0 spiro atoms. The lowest BCUT2D eigenvalue weighted by molar-refractivity contribution is 0.415. The van der Waals surface area contributed by atoms with Gasteiger partial charge in [-0.05, 0) is 25.3 Å². The molecule has 1 aliphatic heterocycles. The highest BCUT2D eigenvalue weighted by molar-refractivity contribution is 5.94. The lowest BCUT2D eigenvalue weighted by Gasteiger charge is -2.27. The molecule has 0 saturated carbocycles. The minimum atomic E-state index is -0.110. The summed E-state index contributed by atoms with van der Waals surface area (Å²) in [5.74, 6) is 1.44. The van der Waals surface area contributed by atoms with Crippen molar-refractivity contribution >= 4 is 16.7 Å². The van der Waals surface area contributed by atoms with Gasteiger partial charge in [-0.25, -0.2) is 9.67 Å². The smallest absolute Gasteiger partial charge is 0.256 e. The van der Waals surface area contributed by atoms with Gasteiger partial charge in [0, 0.05) is 36.2 Å². The molecule has 1 N–H and O–H groups in total. The van der Waals surface area contributed by atoms with Crippen LogP contribution in [0.5, 0.6) is 5.75 Å². The molecule has 4 aromatic rings. The van der Waals surface area contributed by atoms with Gasteiger partial charge in [0.05, 0.1) is 25.0 Å². The van der Waals surface area contributed by atoms with Crippen molar-refractivity contribution in [3.05, 3.63) is 47.3 Å². The average Bonchev–Trinajstić information content (AvgIpc) is 3.44. The van der Waals surface area contributed by atoms with Crippen molar-refractivity contribution in [2.24, 2.45) is 0 Å². The van der Waals surface area contributed by atoms with Gasteiger partial charge in [0.2, 0.25) is 0 Å². The molecule has 3 aromatic heterocycles. The van der Waals surface area contributed by atoms with Crippen LogP contribution in [0.15, 0.2) is 41.7 Å². The molecule has 5 rings (SSSR count). The Bertz CT molecular complexity index is 1240.